The second-order valence-corrected chi connectivity index (χ2v) is 5.05. The normalized spacial score (nSPS) is 12.4. The Bertz CT molecular complexity index is 338. The molecule has 0 amide bonds. The number of hydrogen-bond acceptors (Lipinski definition) is 2. The number of para-hydroxylation sites is 1. The van der Waals surface area contributed by atoms with E-state index in [0.717, 1.165) is 18.9 Å². The number of unbranched alkanes of at least 4 members (excludes halogenated alkanes) is 1. The van der Waals surface area contributed by atoms with E-state index in [1.165, 1.54) is 37.7 Å². The molecule has 1 rings (SSSR count). The molecule has 0 aliphatic carbocycles. The van der Waals surface area contributed by atoms with Crippen molar-refractivity contribution in [3.63, 3.8) is 0 Å². The second-order valence-electron chi connectivity index (χ2n) is 5.05. The SMILES string of the molecule is CCCCC(CCC)NCc1ccccc1OCC. The first-order valence-electron chi connectivity index (χ1n) is 7.75. The van der Waals surface area contributed by atoms with Gasteiger partial charge in [-0.15, -0.1) is 0 Å². The Labute approximate surface area is 118 Å². The molecule has 0 aromatic heterocycles. The molecule has 1 aromatic carbocycles. The van der Waals surface area contributed by atoms with Crippen molar-refractivity contribution in [2.24, 2.45) is 0 Å². The first-order chi connectivity index (χ1) is 9.31. The lowest BCUT2D eigenvalue weighted by Crippen LogP contribution is -2.28. The molecule has 0 saturated carbocycles. The monoisotopic (exact) mass is 263 g/mol. The summed E-state index contributed by atoms with van der Waals surface area (Å²) >= 11 is 0. The van der Waals surface area contributed by atoms with Crippen LogP contribution in [0.1, 0.15) is 58.4 Å². The summed E-state index contributed by atoms with van der Waals surface area (Å²) < 4.78 is 5.67. The standard InChI is InChI=1S/C17H29NO/c1-4-7-12-16(10-5-2)18-14-15-11-8-9-13-17(15)19-6-3/h8-9,11,13,16,18H,4-7,10,12,14H2,1-3H3. The number of rotatable bonds is 10. The fourth-order valence-electron chi connectivity index (χ4n) is 2.35. The van der Waals surface area contributed by atoms with E-state index >= 15 is 0 Å². The maximum atomic E-state index is 5.67. The zero-order chi connectivity index (χ0) is 13.9. The summed E-state index contributed by atoms with van der Waals surface area (Å²) in [7, 11) is 0. The van der Waals surface area contributed by atoms with Gasteiger partial charge in [-0.25, -0.2) is 0 Å². The van der Waals surface area contributed by atoms with E-state index in [2.05, 4.69) is 37.4 Å². The van der Waals surface area contributed by atoms with Gasteiger partial charge in [-0.3, -0.25) is 0 Å². The van der Waals surface area contributed by atoms with Gasteiger partial charge >= 0.3 is 0 Å². The molecule has 1 N–H and O–H groups in total. The minimum Gasteiger partial charge on any atom is -0.494 e. The molecule has 0 saturated heterocycles. The van der Waals surface area contributed by atoms with Crippen molar-refractivity contribution in [2.45, 2.75) is 65.5 Å². The first kappa shape index (κ1) is 16.0. The van der Waals surface area contributed by atoms with Crippen LogP contribution < -0.4 is 10.1 Å². The van der Waals surface area contributed by atoms with Gasteiger partial charge in [0.05, 0.1) is 6.61 Å². The van der Waals surface area contributed by atoms with Gasteiger partial charge in [-0.1, -0.05) is 51.3 Å². The predicted octanol–water partition coefficient (Wildman–Crippen LogP) is 4.53. The number of ether oxygens (including phenoxy) is 1. The lowest BCUT2D eigenvalue weighted by Gasteiger charge is -2.19. The maximum Gasteiger partial charge on any atom is 0.123 e. The molecule has 0 aliphatic rings. The summed E-state index contributed by atoms with van der Waals surface area (Å²) in [4.78, 5) is 0. The maximum absolute atomic E-state index is 5.67. The average Bonchev–Trinajstić information content (AvgIpc) is 2.43. The molecule has 0 spiro atoms. The average molecular weight is 263 g/mol. The molecule has 0 aliphatic heterocycles. The summed E-state index contributed by atoms with van der Waals surface area (Å²) in [5, 5.41) is 3.69. The van der Waals surface area contributed by atoms with E-state index in [9.17, 15) is 0 Å². The number of benzene rings is 1. The summed E-state index contributed by atoms with van der Waals surface area (Å²) in [5.41, 5.74) is 1.27. The van der Waals surface area contributed by atoms with Crippen LogP contribution in [-0.4, -0.2) is 12.6 Å². The Kier molecular flexibility index (Phi) is 8.31. The quantitative estimate of drug-likeness (QED) is 0.669. The molecule has 1 aromatic rings. The number of nitrogens with one attached hydrogen (secondary N) is 1. The van der Waals surface area contributed by atoms with Crippen molar-refractivity contribution in [3.05, 3.63) is 29.8 Å². The van der Waals surface area contributed by atoms with Crippen molar-refractivity contribution < 1.29 is 4.74 Å². The van der Waals surface area contributed by atoms with Crippen molar-refractivity contribution in [1.29, 1.82) is 0 Å². The fourth-order valence-corrected chi connectivity index (χ4v) is 2.35. The van der Waals surface area contributed by atoms with E-state index < -0.39 is 0 Å². The Morgan fingerprint density at radius 3 is 2.53 bits per heavy atom. The van der Waals surface area contributed by atoms with Gasteiger partial charge in [0.25, 0.3) is 0 Å². The lowest BCUT2D eigenvalue weighted by molar-refractivity contribution is 0.333. The van der Waals surface area contributed by atoms with Crippen LogP contribution in [0.25, 0.3) is 0 Å². The van der Waals surface area contributed by atoms with Crippen LogP contribution in [0.3, 0.4) is 0 Å². The Morgan fingerprint density at radius 1 is 1.05 bits per heavy atom. The minimum atomic E-state index is 0.639. The smallest absolute Gasteiger partial charge is 0.123 e. The highest BCUT2D eigenvalue weighted by Gasteiger charge is 2.08. The van der Waals surface area contributed by atoms with Crippen molar-refractivity contribution in [3.8, 4) is 5.75 Å². The first-order valence-corrected chi connectivity index (χ1v) is 7.75. The lowest BCUT2D eigenvalue weighted by atomic mass is 10.0. The fraction of sp³-hybridized carbons (Fsp3) is 0.647. The third-order valence-corrected chi connectivity index (χ3v) is 3.40. The highest BCUT2D eigenvalue weighted by Crippen LogP contribution is 2.18. The molecule has 0 radical (unpaired) electrons. The largest absolute Gasteiger partial charge is 0.494 e. The zero-order valence-electron chi connectivity index (χ0n) is 12.7. The molecule has 1 unspecified atom stereocenters. The Balaban J connectivity index is 2.52. The zero-order valence-corrected chi connectivity index (χ0v) is 12.7. The molecule has 2 nitrogen and oxygen atoms in total. The topological polar surface area (TPSA) is 21.3 Å². The summed E-state index contributed by atoms with van der Waals surface area (Å²) in [5.74, 6) is 1.02. The molecular formula is C17H29NO. The van der Waals surface area contributed by atoms with Crippen LogP contribution in [-0.2, 0) is 6.54 Å². The van der Waals surface area contributed by atoms with Gasteiger partial charge in [0, 0.05) is 18.2 Å². The third-order valence-electron chi connectivity index (χ3n) is 3.40. The van der Waals surface area contributed by atoms with Gasteiger partial charge in [0.1, 0.15) is 5.75 Å². The van der Waals surface area contributed by atoms with Crippen LogP contribution in [0.15, 0.2) is 24.3 Å². The molecule has 1 atom stereocenters. The van der Waals surface area contributed by atoms with Crippen LogP contribution in [0.2, 0.25) is 0 Å². The number of hydrogen-bond donors (Lipinski definition) is 1. The summed E-state index contributed by atoms with van der Waals surface area (Å²) in [6, 6.07) is 8.97. The predicted molar refractivity (Wildman–Crippen MR) is 82.7 cm³/mol. The van der Waals surface area contributed by atoms with E-state index in [0.29, 0.717) is 6.04 Å². The summed E-state index contributed by atoms with van der Waals surface area (Å²) in [6.07, 6.45) is 6.37. The van der Waals surface area contributed by atoms with E-state index in [1.807, 2.05) is 13.0 Å². The van der Waals surface area contributed by atoms with Gasteiger partial charge in [0.15, 0.2) is 0 Å². The minimum absolute atomic E-state index is 0.639. The van der Waals surface area contributed by atoms with Gasteiger partial charge in [-0.2, -0.15) is 0 Å². The van der Waals surface area contributed by atoms with E-state index in [4.69, 9.17) is 4.74 Å². The van der Waals surface area contributed by atoms with Crippen LogP contribution in [0.5, 0.6) is 5.75 Å². The van der Waals surface area contributed by atoms with Crippen LogP contribution in [0, 0.1) is 0 Å². The molecule has 108 valence electrons. The van der Waals surface area contributed by atoms with E-state index in [-0.39, 0.29) is 0 Å². The molecule has 0 bridgehead atoms. The van der Waals surface area contributed by atoms with Gasteiger partial charge in [0.2, 0.25) is 0 Å². The molecule has 0 fully saturated rings. The summed E-state index contributed by atoms with van der Waals surface area (Å²) in [6.45, 7) is 8.18. The molecular weight excluding hydrogens is 234 g/mol. The van der Waals surface area contributed by atoms with Crippen molar-refractivity contribution >= 4 is 0 Å². The molecule has 2 heteroatoms. The van der Waals surface area contributed by atoms with Crippen LogP contribution in [0.4, 0.5) is 0 Å². The van der Waals surface area contributed by atoms with Gasteiger partial charge < -0.3 is 10.1 Å². The van der Waals surface area contributed by atoms with E-state index in [1.54, 1.807) is 0 Å². The van der Waals surface area contributed by atoms with Crippen molar-refractivity contribution in [1.82, 2.24) is 5.32 Å². The molecule has 0 heterocycles. The van der Waals surface area contributed by atoms with Crippen LogP contribution >= 0.6 is 0 Å². The van der Waals surface area contributed by atoms with Gasteiger partial charge in [-0.05, 0) is 25.8 Å². The highest BCUT2D eigenvalue weighted by atomic mass is 16.5. The second kappa shape index (κ2) is 9.85. The Morgan fingerprint density at radius 2 is 1.84 bits per heavy atom. The Hall–Kier alpha value is -1.02. The van der Waals surface area contributed by atoms with Crippen molar-refractivity contribution in [2.75, 3.05) is 6.61 Å². The third kappa shape index (κ3) is 6.11. The highest BCUT2D eigenvalue weighted by molar-refractivity contribution is 5.33. The molecule has 19 heavy (non-hydrogen) atoms.